The molecule has 5 rings (SSSR count). The Morgan fingerprint density at radius 1 is 0.557 bits per heavy atom. The maximum atomic E-state index is 14.8. The smallest absolute Gasteiger partial charge is 0.326 e. The number of aliphatic hydroxyl groups excluding tert-OH is 3. The summed E-state index contributed by atoms with van der Waals surface area (Å²) in [6, 6.07) is 3.10. The van der Waals surface area contributed by atoms with Crippen LogP contribution in [0.1, 0.15) is 96.3 Å². The number of carbonyl (C=O) groups excluding carboxylic acids is 11. The van der Waals surface area contributed by atoms with E-state index in [0.29, 0.717) is 27.6 Å². The topological polar surface area (TPSA) is 523 Å². The molecular formula is C65H89N13O19. The second-order valence-corrected chi connectivity index (χ2v) is 24.7. The molecule has 1 aliphatic rings. The number of benzene rings is 3. The quantitative estimate of drug-likeness (QED) is 0.0211. The lowest BCUT2D eigenvalue weighted by Crippen LogP contribution is -2.62. The number of nitrogens with zero attached hydrogens (tertiary/aromatic N) is 1. The van der Waals surface area contributed by atoms with E-state index >= 15 is 0 Å². The highest BCUT2D eigenvalue weighted by Crippen LogP contribution is 2.22. The van der Waals surface area contributed by atoms with Crippen LogP contribution in [0.3, 0.4) is 0 Å². The highest BCUT2D eigenvalue weighted by molar-refractivity contribution is 6.00. The number of nitrogens with one attached hydrogen (secondary N) is 10. The van der Waals surface area contributed by atoms with Crippen molar-refractivity contribution in [1.29, 1.82) is 0 Å². The van der Waals surface area contributed by atoms with Crippen LogP contribution in [0, 0.1) is 11.8 Å². The van der Waals surface area contributed by atoms with E-state index in [9.17, 15) is 93.0 Å². The molecular weight excluding hydrogens is 1270 g/mol. The minimum Gasteiger partial charge on any atom is -0.508 e. The zero-order chi connectivity index (χ0) is 71.8. The Balaban J connectivity index is 1.37. The molecule has 11 amide bonds. The van der Waals surface area contributed by atoms with Crippen molar-refractivity contribution in [3.8, 4) is 5.75 Å². The van der Waals surface area contributed by atoms with Crippen LogP contribution in [-0.2, 0) is 81.6 Å². The standard InChI is InChI=1S/C65H89N13O19/c1-33(2)24-41(66)55(86)70-45(26-36-12-7-6-8-13-36)60(91)77-54(35(5)81)63(94)76-50(32-80)64(95)78-23-11-16-51(78)62(93)75-49(31-79)61(92)71-44(27-37-17-19-39(82)20-18-37)57(88)72-46(28-38-30-68-42-15-10-9-14-40(38)42)58(89)69-43(21-22-53(84)85)56(87)73-47(29-52(67)83)59(90)74-48(65(96)97)25-34(3)4/h6-10,12-15,17-20,30,33-35,41,43-51,54,68,79-82H,11,16,21-29,31-32,66H2,1-5H3,(H2,67,83)(H,69,89)(H,70,86)(H,71,92)(H,72,88)(H,73,87)(H,74,90)(H,75,93)(H,76,94)(H,77,91)(H,84,85)(H,96,97)/t35-,41+,43+,44+,45+,46+,47+,48+,49+,50+,51+,54+/m1/s1. The first-order valence-electron chi connectivity index (χ1n) is 31.7. The zero-order valence-corrected chi connectivity index (χ0v) is 54.5. The number of aromatic nitrogens is 1. The largest absolute Gasteiger partial charge is 0.508 e. The van der Waals surface area contributed by atoms with Gasteiger partial charge in [0.2, 0.25) is 65.0 Å². The molecule has 1 aromatic heterocycles. The molecule has 1 saturated heterocycles. The summed E-state index contributed by atoms with van der Waals surface area (Å²) in [6.45, 7) is 5.97. The number of aliphatic carboxylic acids is 2. The van der Waals surface area contributed by atoms with Gasteiger partial charge in [-0.2, -0.15) is 0 Å². The lowest BCUT2D eigenvalue weighted by atomic mass is 10.0. The van der Waals surface area contributed by atoms with Gasteiger partial charge in [0.05, 0.1) is 31.8 Å². The summed E-state index contributed by atoms with van der Waals surface area (Å²) in [7, 11) is 0. The molecule has 3 aromatic carbocycles. The summed E-state index contributed by atoms with van der Waals surface area (Å²) in [5.41, 5.74) is 13.5. The predicted octanol–water partition coefficient (Wildman–Crippen LogP) is -3.13. The predicted molar refractivity (Wildman–Crippen MR) is 347 cm³/mol. The van der Waals surface area contributed by atoms with Crippen LogP contribution in [0.2, 0.25) is 0 Å². The lowest BCUT2D eigenvalue weighted by Gasteiger charge is -2.31. The fraction of sp³-hybridized carbons (Fsp3) is 0.492. The third-order valence-corrected chi connectivity index (χ3v) is 15.9. The minimum absolute atomic E-state index is 0.0310. The number of carboxylic acids is 2. The van der Waals surface area contributed by atoms with Crippen molar-refractivity contribution < 1.29 is 93.0 Å². The van der Waals surface area contributed by atoms with Gasteiger partial charge in [0.1, 0.15) is 66.2 Å². The molecule has 1 fully saturated rings. The Bertz CT molecular complexity index is 3420. The monoisotopic (exact) mass is 1360 g/mol. The molecule has 0 unspecified atom stereocenters. The number of nitrogens with two attached hydrogens (primary N) is 2. The van der Waals surface area contributed by atoms with Gasteiger partial charge < -0.3 is 99.8 Å². The van der Waals surface area contributed by atoms with E-state index in [4.69, 9.17) is 11.5 Å². The van der Waals surface area contributed by atoms with E-state index in [1.54, 1.807) is 68.4 Å². The van der Waals surface area contributed by atoms with Crippen LogP contribution < -0.4 is 59.3 Å². The number of fused-ring (bicyclic) bond motifs is 1. The maximum Gasteiger partial charge on any atom is 0.326 e. The lowest BCUT2D eigenvalue weighted by molar-refractivity contribution is -0.144. The average Bonchev–Trinajstić information content (AvgIpc) is 1.76. The van der Waals surface area contributed by atoms with Crippen molar-refractivity contribution in [3.63, 3.8) is 0 Å². The summed E-state index contributed by atoms with van der Waals surface area (Å²) in [5, 5.41) is 83.9. The number of carbonyl (C=O) groups is 13. The molecule has 32 heteroatoms. The van der Waals surface area contributed by atoms with E-state index in [0.717, 1.165) is 4.90 Å². The third-order valence-electron chi connectivity index (χ3n) is 15.9. The Morgan fingerprint density at radius 3 is 1.62 bits per heavy atom. The molecule has 0 bridgehead atoms. The summed E-state index contributed by atoms with van der Waals surface area (Å²) < 4.78 is 0. The number of likely N-dealkylation sites (tertiary alicyclic amines) is 1. The van der Waals surface area contributed by atoms with Gasteiger partial charge in [-0.15, -0.1) is 0 Å². The van der Waals surface area contributed by atoms with Crippen molar-refractivity contribution in [1.82, 2.24) is 57.7 Å². The van der Waals surface area contributed by atoms with E-state index in [-0.39, 0.29) is 62.7 Å². The van der Waals surface area contributed by atoms with Gasteiger partial charge in [0.15, 0.2) is 0 Å². The molecule has 0 radical (unpaired) electrons. The van der Waals surface area contributed by atoms with Crippen LogP contribution in [0.5, 0.6) is 5.75 Å². The van der Waals surface area contributed by atoms with Gasteiger partial charge >= 0.3 is 11.9 Å². The Morgan fingerprint density at radius 2 is 1.05 bits per heavy atom. The van der Waals surface area contributed by atoms with E-state index in [2.05, 4.69) is 52.8 Å². The molecule has 2 heterocycles. The molecule has 0 aliphatic carbocycles. The zero-order valence-electron chi connectivity index (χ0n) is 54.5. The van der Waals surface area contributed by atoms with Gasteiger partial charge in [0, 0.05) is 49.3 Å². The first-order chi connectivity index (χ1) is 45.9. The van der Waals surface area contributed by atoms with E-state index < -0.39 is 188 Å². The van der Waals surface area contributed by atoms with Crippen molar-refractivity contribution in [2.24, 2.45) is 23.3 Å². The Hall–Kier alpha value is -10.1. The number of aromatic hydroxyl groups is 1. The first kappa shape index (κ1) is 77.7. The number of phenols is 1. The van der Waals surface area contributed by atoms with Crippen LogP contribution in [0.4, 0.5) is 0 Å². The van der Waals surface area contributed by atoms with Crippen molar-refractivity contribution in [2.45, 2.75) is 171 Å². The van der Waals surface area contributed by atoms with Gasteiger partial charge in [-0.05, 0) is 85.8 Å². The molecule has 4 aromatic rings. The van der Waals surface area contributed by atoms with E-state index in [1.807, 2.05) is 13.8 Å². The number of aliphatic hydroxyl groups is 3. The summed E-state index contributed by atoms with van der Waals surface area (Å²) in [4.78, 5) is 181. The number of hydrogen-bond acceptors (Lipinski definition) is 18. The number of amides is 11. The molecule has 0 spiro atoms. The second-order valence-electron chi connectivity index (χ2n) is 24.7. The molecule has 97 heavy (non-hydrogen) atoms. The second kappa shape index (κ2) is 37.3. The van der Waals surface area contributed by atoms with Gasteiger partial charge in [0.25, 0.3) is 0 Å². The third kappa shape index (κ3) is 24.0. The SMILES string of the molecule is CC(C)C[C@H](NC(=O)[C@H](CC(N)=O)NC(=O)[C@H](CCC(=O)O)NC(=O)[C@H](Cc1c[nH]c2ccccc12)NC(=O)[C@H](Cc1ccc(O)cc1)NC(=O)[C@H](CO)NC(=O)[C@@H]1CCCN1C(=O)[C@H](CO)NC(=O)[C@@H](NC(=O)[C@H](Cc1ccccc1)NC(=O)[C@@H](N)CC(C)C)[C@@H](C)O)C(=O)O. The fourth-order valence-corrected chi connectivity index (χ4v) is 10.8. The highest BCUT2D eigenvalue weighted by atomic mass is 16.4. The minimum atomic E-state index is -1.87. The number of H-pyrrole nitrogens is 1. The Labute approximate surface area is 558 Å². The normalized spacial score (nSPS) is 16.3. The number of primary amides is 1. The number of carboxylic acid groups (broad SMARTS) is 2. The van der Waals surface area contributed by atoms with Crippen molar-refractivity contribution >= 4 is 87.8 Å². The number of phenolic OH excluding ortho intramolecular Hbond substituents is 1. The van der Waals surface area contributed by atoms with E-state index in [1.165, 1.54) is 37.4 Å². The average molecular weight is 1360 g/mol. The highest BCUT2D eigenvalue weighted by Gasteiger charge is 2.42. The summed E-state index contributed by atoms with van der Waals surface area (Å²) in [6.07, 6.45) is -2.78. The van der Waals surface area contributed by atoms with Gasteiger partial charge in [-0.25, -0.2) is 4.79 Å². The molecule has 0 saturated carbocycles. The van der Waals surface area contributed by atoms with Crippen LogP contribution >= 0.6 is 0 Å². The number of para-hydroxylation sites is 1. The number of hydrogen-bond donors (Lipinski definition) is 18. The first-order valence-corrected chi connectivity index (χ1v) is 31.7. The van der Waals surface area contributed by atoms with Crippen LogP contribution in [0.15, 0.2) is 85.1 Å². The van der Waals surface area contributed by atoms with Crippen molar-refractivity contribution in [2.75, 3.05) is 19.8 Å². The van der Waals surface area contributed by atoms with Gasteiger partial charge in [-0.3, -0.25) is 57.5 Å². The Kier molecular flexibility index (Phi) is 29.9. The molecule has 1 aliphatic heterocycles. The summed E-state index contributed by atoms with van der Waals surface area (Å²) in [5.74, 6) is -14.8. The van der Waals surface area contributed by atoms with Crippen LogP contribution in [-0.4, -0.2) is 210 Å². The molecule has 528 valence electrons. The van der Waals surface area contributed by atoms with Gasteiger partial charge in [-0.1, -0.05) is 88.4 Å². The fourth-order valence-electron chi connectivity index (χ4n) is 10.8. The molecule has 12 atom stereocenters. The summed E-state index contributed by atoms with van der Waals surface area (Å²) >= 11 is 0. The van der Waals surface area contributed by atoms with Crippen molar-refractivity contribution in [3.05, 3.63) is 102 Å². The number of aromatic amines is 1. The number of rotatable bonds is 38. The molecule has 32 nitrogen and oxygen atoms in total. The maximum absolute atomic E-state index is 14.8. The van der Waals surface area contributed by atoms with Crippen LogP contribution in [0.25, 0.3) is 10.9 Å². The molecule has 20 N–H and O–H groups in total.